The second-order valence-corrected chi connectivity index (χ2v) is 12.4. The lowest BCUT2D eigenvalue weighted by Crippen LogP contribution is -2.38. The molecule has 2 aliphatic rings. The fourth-order valence-electron chi connectivity index (χ4n) is 5.19. The Kier molecular flexibility index (Phi) is 9.53. The third-order valence-corrected chi connectivity index (χ3v) is 9.61. The molecule has 0 atom stereocenters. The molecule has 0 saturated carbocycles. The predicted octanol–water partition coefficient (Wildman–Crippen LogP) is 6.22. The van der Waals surface area contributed by atoms with Crippen LogP contribution in [-0.2, 0) is 29.8 Å². The number of rotatable bonds is 8. The van der Waals surface area contributed by atoms with E-state index in [1.807, 2.05) is 4.98 Å². The first-order valence-electron chi connectivity index (χ1n) is 13.4. The third kappa shape index (κ3) is 6.30. The van der Waals surface area contributed by atoms with E-state index >= 15 is 0 Å². The van der Waals surface area contributed by atoms with E-state index in [1.165, 1.54) is 16.9 Å². The highest BCUT2D eigenvalue weighted by molar-refractivity contribution is 7.99. The Morgan fingerprint density at radius 1 is 1.27 bits per heavy atom. The van der Waals surface area contributed by atoms with Gasteiger partial charge in [-0.1, -0.05) is 41.0 Å². The highest BCUT2D eigenvalue weighted by atomic mass is 35.5. The number of pyridine rings is 1. The number of nitrogens with zero attached hydrogens (tertiary/aromatic N) is 3. The van der Waals surface area contributed by atoms with Crippen molar-refractivity contribution in [2.24, 2.45) is 0 Å². The maximum Gasteiger partial charge on any atom is 0.414 e. The molecule has 1 aromatic heterocycles. The van der Waals surface area contributed by atoms with Gasteiger partial charge in [-0.15, -0.1) is 0 Å². The van der Waals surface area contributed by atoms with Gasteiger partial charge < -0.3 is 24.7 Å². The quantitative estimate of drug-likeness (QED) is 0.266. The first-order valence-corrected chi connectivity index (χ1v) is 15.3. The fourth-order valence-corrected chi connectivity index (χ4v) is 7.03. The van der Waals surface area contributed by atoms with Gasteiger partial charge in [-0.2, -0.15) is 14.0 Å². The number of nitrogens with one attached hydrogen (secondary N) is 2. The normalized spacial score (nSPS) is 14.7. The van der Waals surface area contributed by atoms with Gasteiger partial charge in [-0.25, -0.2) is 4.79 Å². The zero-order valence-corrected chi connectivity index (χ0v) is 26.8. The van der Waals surface area contributed by atoms with Crippen molar-refractivity contribution in [1.82, 2.24) is 15.2 Å². The van der Waals surface area contributed by atoms with Crippen molar-refractivity contribution in [3.05, 3.63) is 78.2 Å². The number of aromatic amines is 1. The zero-order valence-electron chi connectivity index (χ0n) is 23.7. The van der Waals surface area contributed by atoms with E-state index in [1.54, 1.807) is 25.2 Å². The Morgan fingerprint density at radius 3 is 2.67 bits per heavy atom. The largest absolute Gasteiger partial charge is 0.493 e. The van der Waals surface area contributed by atoms with Crippen LogP contribution in [0.2, 0.25) is 10.0 Å². The number of halogens is 5. The molecule has 0 unspecified atom stereocenters. The molecule has 3 aromatic rings. The molecule has 0 spiro atoms. The van der Waals surface area contributed by atoms with Gasteiger partial charge in [0.2, 0.25) is 0 Å². The summed E-state index contributed by atoms with van der Waals surface area (Å²) in [6.45, 7) is 0.794. The highest BCUT2D eigenvalue weighted by Gasteiger charge is 2.37. The number of carbonyl (C=O) groups is 2. The van der Waals surface area contributed by atoms with E-state index in [9.17, 15) is 28.4 Å². The second kappa shape index (κ2) is 13.1. The summed E-state index contributed by atoms with van der Waals surface area (Å²) in [7, 11) is 3.07. The number of hydrogen-bond acceptors (Lipinski definition) is 8. The third-order valence-electron chi connectivity index (χ3n) is 7.26. The number of amides is 2. The van der Waals surface area contributed by atoms with Gasteiger partial charge in [-0.05, 0) is 60.0 Å². The Morgan fingerprint density at radius 2 is 2.02 bits per heavy atom. The van der Waals surface area contributed by atoms with Crippen LogP contribution in [0.15, 0.2) is 38.9 Å². The van der Waals surface area contributed by atoms with Gasteiger partial charge >= 0.3 is 11.5 Å². The molecule has 0 radical (unpaired) electrons. The van der Waals surface area contributed by atoms with Crippen LogP contribution < -0.4 is 20.5 Å². The fraction of sp³-hybridized carbons (Fsp3) is 0.310. The number of H-pyrrole nitrogens is 1. The van der Waals surface area contributed by atoms with Crippen molar-refractivity contribution in [3.8, 4) is 11.8 Å². The summed E-state index contributed by atoms with van der Waals surface area (Å²) in [5.74, 6) is -0.669. The maximum atomic E-state index is 14.2. The van der Waals surface area contributed by atoms with Gasteiger partial charge in [0.15, 0.2) is 5.75 Å². The maximum absolute atomic E-state index is 14.2. The summed E-state index contributed by atoms with van der Waals surface area (Å²) >= 11 is 19.1. The highest BCUT2D eigenvalue weighted by Crippen LogP contribution is 2.44. The molecule has 2 aliphatic heterocycles. The summed E-state index contributed by atoms with van der Waals surface area (Å²) in [5.41, 5.74) is -0.427. The van der Waals surface area contributed by atoms with Crippen LogP contribution in [0, 0.1) is 11.3 Å². The summed E-state index contributed by atoms with van der Waals surface area (Å²) in [5, 5.41) is 9.47. The predicted molar refractivity (Wildman–Crippen MR) is 165 cm³/mol. The van der Waals surface area contributed by atoms with E-state index in [0.29, 0.717) is 41.9 Å². The standard InChI is InChI=1S/C29H24Cl3F2N5O5S/c1-36-11-14-4-5-18(30)25(23(14)31)45-20-9-21(29(32,33)34)37-26(40)22(20)27(41)38-12-15-8-19(39-6-3-7-44-28(39)42)24(43-2)16(10-35)17(15)13-38/h4-5,8-9,36H,3,6-7,11-13H2,1-2H3,(H,37,40). The molecule has 2 aromatic carbocycles. The number of alkyl halides is 3. The average molecular weight is 699 g/mol. The number of aromatic nitrogens is 1. The topological polar surface area (TPSA) is 128 Å². The number of hydrogen-bond donors (Lipinski definition) is 2. The Labute approximate surface area is 275 Å². The van der Waals surface area contributed by atoms with Gasteiger partial charge in [0.25, 0.3) is 11.5 Å². The molecule has 236 valence electrons. The van der Waals surface area contributed by atoms with Crippen LogP contribution in [0.25, 0.3) is 0 Å². The van der Waals surface area contributed by atoms with Gasteiger partial charge in [0, 0.05) is 36.0 Å². The van der Waals surface area contributed by atoms with Gasteiger partial charge in [0.1, 0.15) is 22.9 Å². The van der Waals surface area contributed by atoms with E-state index in [2.05, 4.69) is 11.4 Å². The molecule has 2 N–H and O–H groups in total. The van der Waals surface area contributed by atoms with Crippen LogP contribution >= 0.6 is 46.6 Å². The number of carbonyl (C=O) groups excluding carboxylic acids is 2. The zero-order chi connectivity index (χ0) is 32.6. The van der Waals surface area contributed by atoms with Crippen LogP contribution in [-0.4, -0.2) is 49.2 Å². The lowest BCUT2D eigenvalue weighted by Gasteiger charge is -2.28. The van der Waals surface area contributed by atoms with Crippen molar-refractivity contribution < 1.29 is 27.8 Å². The number of ether oxygens (including phenoxy) is 2. The molecule has 10 nitrogen and oxygen atoms in total. The van der Waals surface area contributed by atoms with Crippen LogP contribution in [0.5, 0.6) is 5.75 Å². The van der Waals surface area contributed by atoms with Crippen molar-refractivity contribution in [3.63, 3.8) is 0 Å². The molecule has 5 rings (SSSR count). The monoisotopic (exact) mass is 697 g/mol. The van der Waals surface area contributed by atoms with Crippen LogP contribution in [0.4, 0.5) is 19.3 Å². The van der Waals surface area contributed by atoms with E-state index in [0.717, 1.165) is 17.8 Å². The smallest absolute Gasteiger partial charge is 0.414 e. The van der Waals surface area contributed by atoms with Crippen molar-refractivity contribution in [2.45, 2.75) is 41.2 Å². The summed E-state index contributed by atoms with van der Waals surface area (Å²) in [6.07, 6.45) is -0.0416. The number of nitriles is 1. The molecular formula is C29H24Cl3F2N5O5S. The van der Waals surface area contributed by atoms with E-state index in [4.69, 9.17) is 44.3 Å². The van der Waals surface area contributed by atoms with Crippen LogP contribution in [0.3, 0.4) is 0 Å². The minimum absolute atomic E-state index is 0.0567. The van der Waals surface area contributed by atoms with Crippen LogP contribution in [0.1, 0.15) is 44.7 Å². The van der Waals surface area contributed by atoms with Crippen molar-refractivity contribution >= 4 is 64.3 Å². The first kappa shape index (κ1) is 32.8. The molecule has 1 saturated heterocycles. The number of cyclic esters (lactones) is 1. The minimum Gasteiger partial charge on any atom is -0.493 e. The summed E-state index contributed by atoms with van der Waals surface area (Å²) < 4.78 is 39.1. The Balaban J connectivity index is 1.58. The number of benzene rings is 2. The summed E-state index contributed by atoms with van der Waals surface area (Å²) in [6, 6.07) is 7.91. The van der Waals surface area contributed by atoms with Gasteiger partial charge in [-0.3, -0.25) is 14.5 Å². The second-order valence-electron chi connectivity index (χ2n) is 10.1. The molecule has 16 heteroatoms. The molecule has 0 aliphatic carbocycles. The molecule has 1 fully saturated rings. The van der Waals surface area contributed by atoms with E-state index < -0.39 is 34.2 Å². The molecule has 3 heterocycles. The lowest BCUT2D eigenvalue weighted by molar-refractivity contribution is 0.0740. The lowest BCUT2D eigenvalue weighted by atomic mass is 10.0. The number of methoxy groups -OCH3 is 1. The Hall–Kier alpha value is -3.54. The summed E-state index contributed by atoms with van der Waals surface area (Å²) in [4.78, 5) is 44.6. The van der Waals surface area contributed by atoms with Crippen molar-refractivity contribution in [1.29, 1.82) is 5.26 Å². The molecular weight excluding hydrogens is 675 g/mol. The Bertz CT molecular complexity index is 1810. The molecule has 0 bridgehead atoms. The molecule has 2 amide bonds. The van der Waals surface area contributed by atoms with E-state index in [-0.39, 0.29) is 50.8 Å². The average Bonchev–Trinajstić information content (AvgIpc) is 3.43. The SMILES string of the molecule is CNCc1ccc(Cl)c(Sc2cc(C(F)(F)Cl)[nH]c(=O)c2C(=O)N2Cc3cc(N4CCCOC4=O)c(OC)c(C#N)c3C2)c1Cl. The van der Waals surface area contributed by atoms with Crippen molar-refractivity contribution in [2.75, 3.05) is 32.2 Å². The minimum atomic E-state index is -3.95. The van der Waals surface area contributed by atoms with Gasteiger partial charge in [0.05, 0.1) is 29.4 Å². The molecule has 45 heavy (non-hydrogen) atoms. The number of anilines is 1. The first-order chi connectivity index (χ1) is 21.4. The number of fused-ring (bicyclic) bond motifs is 1.